The van der Waals surface area contributed by atoms with E-state index in [1.54, 1.807) is 18.9 Å². The Morgan fingerprint density at radius 2 is 1.90 bits per heavy atom. The lowest BCUT2D eigenvalue weighted by Crippen LogP contribution is -1.87. The molecule has 0 spiro atoms. The van der Waals surface area contributed by atoms with Crippen LogP contribution in [0.1, 0.15) is 5.56 Å². The van der Waals surface area contributed by atoms with Gasteiger partial charge >= 0.3 is 0 Å². The number of pyridine rings is 1. The molecule has 0 aliphatic carbocycles. The molecular weight excluding hydrogens is 266 g/mol. The van der Waals surface area contributed by atoms with Crippen LogP contribution in [0.4, 0.5) is 0 Å². The van der Waals surface area contributed by atoms with Crippen LogP contribution in [0.5, 0.6) is 5.75 Å². The highest BCUT2D eigenvalue weighted by Crippen LogP contribution is 2.24. The molecule has 20 heavy (non-hydrogen) atoms. The zero-order chi connectivity index (χ0) is 13.8. The summed E-state index contributed by atoms with van der Waals surface area (Å²) in [5.41, 5.74) is 2.28. The molecule has 0 unspecified atom stereocenters. The van der Waals surface area contributed by atoms with E-state index in [1.165, 1.54) is 10.9 Å². The number of para-hydroxylation sites is 1. The summed E-state index contributed by atoms with van der Waals surface area (Å²) < 4.78 is 5.24. The highest BCUT2D eigenvalue weighted by atomic mass is 32.2. The number of hydrogen-bond acceptors (Lipinski definition) is 3. The quantitative estimate of drug-likeness (QED) is 0.656. The van der Waals surface area contributed by atoms with Gasteiger partial charge in [-0.15, -0.1) is 11.8 Å². The van der Waals surface area contributed by atoms with Gasteiger partial charge in [0.1, 0.15) is 5.75 Å². The zero-order valence-corrected chi connectivity index (χ0v) is 12.1. The Labute approximate surface area is 122 Å². The van der Waals surface area contributed by atoms with Crippen molar-refractivity contribution in [1.29, 1.82) is 0 Å². The number of fused-ring (bicyclic) bond motifs is 1. The van der Waals surface area contributed by atoms with Crippen LogP contribution < -0.4 is 4.74 Å². The third kappa shape index (κ3) is 2.94. The van der Waals surface area contributed by atoms with Crippen LogP contribution in [-0.2, 0) is 5.75 Å². The van der Waals surface area contributed by atoms with E-state index in [4.69, 9.17) is 4.74 Å². The van der Waals surface area contributed by atoms with E-state index in [0.717, 1.165) is 22.0 Å². The minimum Gasteiger partial charge on any atom is -0.497 e. The number of ether oxygens (including phenoxy) is 1. The molecule has 3 rings (SSSR count). The van der Waals surface area contributed by atoms with Crippen LogP contribution in [0.2, 0.25) is 0 Å². The Balaban J connectivity index is 1.76. The third-order valence-electron chi connectivity index (χ3n) is 3.09. The van der Waals surface area contributed by atoms with Gasteiger partial charge in [0.2, 0.25) is 0 Å². The Bertz CT molecular complexity index is 727. The first-order valence-electron chi connectivity index (χ1n) is 6.47. The Kier molecular flexibility index (Phi) is 3.88. The first-order valence-corrected chi connectivity index (χ1v) is 7.45. The summed E-state index contributed by atoms with van der Waals surface area (Å²) in [7, 11) is 1.69. The minimum atomic E-state index is 0.891. The number of hydrogen-bond donors (Lipinski definition) is 0. The highest BCUT2D eigenvalue weighted by Gasteiger charge is 2.01. The van der Waals surface area contributed by atoms with Crippen LogP contribution in [0, 0.1) is 0 Å². The van der Waals surface area contributed by atoms with Gasteiger partial charge in [0, 0.05) is 11.1 Å². The predicted octanol–water partition coefficient (Wildman–Crippen LogP) is 4.54. The number of rotatable bonds is 4. The lowest BCUT2D eigenvalue weighted by Gasteiger charge is -2.05. The Hall–Kier alpha value is -2.00. The van der Waals surface area contributed by atoms with Crippen LogP contribution >= 0.6 is 11.8 Å². The van der Waals surface area contributed by atoms with E-state index in [2.05, 4.69) is 35.3 Å². The summed E-state index contributed by atoms with van der Waals surface area (Å²) >= 11 is 1.74. The second kappa shape index (κ2) is 5.97. The number of methoxy groups -OCH3 is 1. The van der Waals surface area contributed by atoms with Crippen molar-refractivity contribution in [2.75, 3.05) is 7.11 Å². The zero-order valence-electron chi connectivity index (χ0n) is 11.2. The summed E-state index contributed by atoms with van der Waals surface area (Å²) in [5, 5.41) is 2.23. The molecule has 0 atom stereocenters. The molecule has 3 aromatic rings. The van der Waals surface area contributed by atoms with E-state index in [-0.39, 0.29) is 0 Å². The third-order valence-corrected chi connectivity index (χ3v) is 4.09. The molecule has 0 aliphatic rings. The van der Waals surface area contributed by atoms with Crippen LogP contribution in [0.3, 0.4) is 0 Å². The summed E-state index contributed by atoms with van der Waals surface area (Å²) in [5.74, 6) is 1.79. The maximum Gasteiger partial charge on any atom is 0.119 e. The normalized spacial score (nSPS) is 10.7. The molecule has 2 nitrogen and oxygen atoms in total. The summed E-state index contributed by atoms with van der Waals surface area (Å²) in [6.45, 7) is 0. The van der Waals surface area contributed by atoms with Gasteiger partial charge in [0.05, 0.1) is 17.7 Å². The van der Waals surface area contributed by atoms with Crippen LogP contribution in [0.15, 0.2) is 65.7 Å². The van der Waals surface area contributed by atoms with Crippen LogP contribution in [0.25, 0.3) is 10.9 Å². The Morgan fingerprint density at radius 1 is 1.00 bits per heavy atom. The van der Waals surface area contributed by atoms with Gasteiger partial charge in [-0.2, -0.15) is 0 Å². The van der Waals surface area contributed by atoms with Gasteiger partial charge in [-0.25, -0.2) is 4.98 Å². The van der Waals surface area contributed by atoms with E-state index >= 15 is 0 Å². The fourth-order valence-electron chi connectivity index (χ4n) is 2.05. The molecule has 0 aliphatic heterocycles. The molecule has 0 saturated carbocycles. The summed E-state index contributed by atoms with van der Waals surface area (Å²) in [4.78, 5) is 4.66. The lowest BCUT2D eigenvalue weighted by molar-refractivity contribution is 0.414. The molecule has 1 heterocycles. The van der Waals surface area contributed by atoms with Crippen molar-refractivity contribution in [2.24, 2.45) is 0 Å². The predicted molar refractivity (Wildman–Crippen MR) is 84.3 cm³/mol. The standard InChI is InChI=1S/C17H15NOS/c1-19-15-7-4-5-13(11-15)12-20-17-10-9-14-6-2-3-8-16(14)18-17/h2-11H,12H2,1H3. The molecule has 0 amide bonds. The average molecular weight is 281 g/mol. The van der Waals surface area contributed by atoms with E-state index in [1.807, 2.05) is 30.3 Å². The largest absolute Gasteiger partial charge is 0.497 e. The second-order valence-corrected chi connectivity index (χ2v) is 5.48. The highest BCUT2D eigenvalue weighted by molar-refractivity contribution is 7.98. The molecule has 0 fully saturated rings. The topological polar surface area (TPSA) is 22.1 Å². The minimum absolute atomic E-state index is 0.891. The van der Waals surface area contributed by atoms with Gasteiger partial charge in [-0.3, -0.25) is 0 Å². The smallest absolute Gasteiger partial charge is 0.119 e. The SMILES string of the molecule is COc1cccc(CSc2ccc3ccccc3n2)c1. The average Bonchev–Trinajstić information content (AvgIpc) is 2.53. The maximum absolute atomic E-state index is 5.24. The lowest BCUT2D eigenvalue weighted by atomic mass is 10.2. The fourth-order valence-corrected chi connectivity index (χ4v) is 2.87. The van der Waals surface area contributed by atoms with Crippen molar-refractivity contribution < 1.29 is 4.74 Å². The molecule has 0 bridgehead atoms. The number of thioether (sulfide) groups is 1. The summed E-state index contributed by atoms with van der Waals surface area (Å²) in [6.07, 6.45) is 0. The molecule has 1 aromatic heterocycles. The van der Waals surface area contributed by atoms with Crippen molar-refractivity contribution in [3.05, 3.63) is 66.2 Å². The van der Waals surface area contributed by atoms with Crippen molar-refractivity contribution in [3.63, 3.8) is 0 Å². The molecule has 3 heteroatoms. The van der Waals surface area contributed by atoms with Crippen molar-refractivity contribution in [1.82, 2.24) is 4.98 Å². The van der Waals surface area contributed by atoms with Crippen molar-refractivity contribution >= 4 is 22.7 Å². The van der Waals surface area contributed by atoms with Crippen molar-refractivity contribution in [3.8, 4) is 5.75 Å². The van der Waals surface area contributed by atoms with Crippen molar-refractivity contribution in [2.45, 2.75) is 10.8 Å². The van der Waals surface area contributed by atoms with Gasteiger partial charge < -0.3 is 4.74 Å². The van der Waals surface area contributed by atoms with Gasteiger partial charge in [-0.1, -0.05) is 36.4 Å². The van der Waals surface area contributed by atoms with Gasteiger partial charge in [0.25, 0.3) is 0 Å². The molecular formula is C17H15NOS. The molecule has 2 aromatic carbocycles. The van der Waals surface area contributed by atoms with E-state index in [9.17, 15) is 0 Å². The number of nitrogens with zero attached hydrogens (tertiary/aromatic N) is 1. The molecule has 0 saturated heterocycles. The van der Waals surface area contributed by atoms with E-state index in [0.29, 0.717) is 0 Å². The molecule has 0 N–H and O–H groups in total. The fraction of sp³-hybridized carbons (Fsp3) is 0.118. The molecule has 0 radical (unpaired) electrons. The monoisotopic (exact) mass is 281 g/mol. The first-order chi connectivity index (χ1) is 9.85. The summed E-state index contributed by atoms with van der Waals surface area (Å²) in [6, 6.07) is 20.5. The second-order valence-electron chi connectivity index (χ2n) is 4.48. The number of benzene rings is 2. The Morgan fingerprint density at radius 3 is 2.80 bits per heavy atom. The van der Waals surface area contributed by atoms with Gasteiger partial charge in [-0.05, 0) is 29.8 Å². The van der Waals surface area contributed by atoms with Crippen LogP contribution in [-0.4, -0.2) is 12.1 Å². The van der Waals surface area contributed by atoms with E-state index < -0.39 is 0 Å². The first kappa shape index (κ1) is 13.0. The number of aromatic nitrogens is 1. The van der Waals surface area contributed by atoms with Gasteiger partial charge in [0.15, 0.2) is 0 Å². The molecule has 100 valence electrons. The maximum atomic E-state index is 5.24.